The standard InChI is InChI=1S/C16H14O2S/c1-18-16(17)14(12-8-4-2-5-9-12)15(19)13-10-6-3-7-11-13/h2-11,14H,1H3. The number of rotatable bonds is 4. The Morgan fingerprint density at radius 2 is 1.53 bits per heavy atom. The van der Waals surface area contributed by atoms with Gasteiger partial charge in [0.25, 0.3) is 0 Å². The average molecular weight is 270 g/mol. The summed E-state index contributed by atoms with van der Waals surface area (Å²) in [6.45, 7) is 0. The largest absolute Gasteiger partial charge is 0.468 e. The predicted molar refractivity (Wildman–Crippen MR) is 79.3 cm³/mol. The molecule has 0 aliphatic heterocycles. The van der Waals surface area contributed by atoms with Crippen LogP contribution in [0.4, 0.5) is 0 Å². The van der Waals surface area contributed by atoms with Crippen LogP contribution in [0, 0.1) is 0 Å². The molecular formula is C16H14O2S. The molecule has 2 rings (SSSR count). The van der Waals surface area contributed by atoms with E-state index < -0.39 is 5.92 Å². The number of esters is 1. The van der Waals surface area contributed by atoms with E-state index in [0.717, 1.165) is 11.1 Å². The second kappa shape index (κ2) is 6.25. The zero-order valence-electron chi connectivity index (χ0n) is 10.6. The van der Waals surface area contributed by atoms with Crippen LogP contribution in [-0.2, 0) is 9.53 Å². The fraction of sp³-hybridized carbons (Fsp3) is 0.125. The summed E-state index contributed by atoms with van der Waals surface area (Å²) in [5.74, 6) is -0.872. The van der Waals surface area contributed by atoms with E-state index in [9.17, 15) is 4.79 Å². The highest BCUT2D eigenvalue weighted by Gasteiger charge is 2.26. The van der Waals surface area contributed by atoms with Crippen LogP contribution in [0.2, 0.25) is 0 Å². The van der Waals surface area contributed by atoms with Crippen molar-refractivity contribution in [2.45, 2.75) is 5.92 Å². The smallest absolute Gasteiger partial charge is 0.318 e. The molecule has 96 valence electrons. The van der Waals surface area contributed by atoms with Crippen LogP contribution in [0.15, 0.2) is 60.7 Å². The zero-order valence-corrected chi connectivity index (χ0v) is 11.4. The molecule has 1 atom stereocenters. The molecule has 0 aromatic heterocycles. The molecule has 0 saturated carbocycles. The maximum absolute atomic E-state index is 12.0. The molecular weight excluding hydrogens is 256 g/mol. The van der Waals surface area contributed by atoms with Gasteiger partial charge in [0.15, 0.2) is 0 Å². The molecule has 2 aromatic rings. The van der Waals surface area contributed by atoms with E-state index in [1.54, 1.807) is 0 Å². The van der Waals surface area contributed by atoms with Crippen molar-refractivity contribution < 1.29 is 9.53 Å². The van der Waals surface area contributed by atoms with Crippen molar-refractivity contribution in [1.29, 1.82) is 0 Å². The van der Waals surface area contributed by atoms with Crippen LogP contribution in [0.3, 0.4) is 0 Å². The Morgan fingerprint density at radius 1 is 1.00 bits per heavy atom. The Balaban J connectivity index is 2.40. The molecule has 0 fully saturated rings. The highest BCUT2D eigenvalue weighted by atomic mass is 32.1. The number of carbonyl (C=O) groups excluding carboxylic acids is 1. The summed E-state index contributed by atoms with van der Waals surface area (Å²) in [6, 6.07) is 19.0. The summed E-state index contributed by atoms with van der Waals surface area (Å²) in [5.41, 5.74) is 1.72. The van der Waals surface area contributed by atoms with Crippen LogP contribution >= 0.6 is 12.2 Å². The first-order valence-electron chi connectivity index (χ1n) is 5.96. The van der Waals surface area contributed by atoms with Crippen molar-refractivity contribution in [3.63, 3.8) is 0 Å². The average Bonchev–Trinajstić information content (AvgIpc) is 2.49. The Morgan fingerprint density at radius 3 is 2.05 bits per heavy atom. The zero-order chi connectivity index (χ0) is 13.7. The predicted octanol–water partition coefficient (Wildman–Crippen LogP) is 3.36. The first kappa shape index (κ1) is 13.4. The fourth-order valence-electron chi connectivity index (χ4n) is 1.93. The van der Waals surface area contributed by atoms with E-state index >= 15 is 0 Å². The number of methoxy groups -OCH3 is 1. The highest BCUT2D eigenvalue weighted by Crippen LogP contribution is 2.23. The molecule has 0 spiro atoms. The van der Waals surface area contributed by atoms with Crippen LogP contribution in [0.25, 0.3) is 0 Å². The van der Waals surface area contributed by atoms with E-state index in [-0.39, 0.29) is 5.97 Å². The van der Waals surface area contributed by atoms with Crippen molar-refractivity contribution in [2.75, 3.05) is 7.11 Å². The highest BCUT2D eigenvalue weighted by molar-refractivity contribution is 7.81. The number of hydrogen-bond acceptors (Lipinski definition) is 3. The quantitative estimate of drug-likeness (QED) is 0.484. The maximum atomic E-state index is 12.0. The van der Waals surface area contributed by atoms with Crippen molar-refractivity contribution >= 4 is 23.1 Å². The molecule has 2 nitrogen and oxygen atoms in total. The number of benzene rings is 2. The van der Waals surface area contributed by atoms with Crippen LogP contribution in [-0.4, -0.2) is 17.9 Å². The summed E-state index contributed by atoms with van der Waals surface area (Å²) >= 11 is 5.47. The molecule has 0 amide bonds. The molecule has 0 bridgehead atoms. The Bertz CT molecular complexity index is 564. The van der Waals surface area contributed by atoms with E-state index in [1.165, 1.54) is 7.11 Å². The monoisotopic (exact) mass is 270 g/mol. The van der Waals surface area contributed by atoms with Gasteiger partial charge in [-0.15, -0.1) is 0 Å². The molecule has 1 unspecified atom stereocenters. The van der Waals surface area contributed by atoms with Gasteiger partial charge in [-0.3, -0.25) is 4.79 Å². The fourth-order valence-corrected chi connectivity index (χ4v) is 2.30. The lowest BCUT2D eigenvalue weighted by molar-refractivity contribution is -0.140. The van der Waals surface area contributed by atoms with Gasteiger partial charge >= 0.3 is 5.97 Å². The van der Waals surface area contributed by atoms with Crippen molar-refractivity contribution in [2.24, 2.45) is 0 Å². The molecule has 0 N–H and O–H groups in total. The van der Waals surface area contributed by atoms with Gasteiger partial charge in [0.05, 0.1) is 7.11 Å². The Labute approximate surface area is 118 Å². The topological polar surface area (TPSA) is 26.3 Å². The van der Waals surface area contributed by atoms with Crippen LogP contribution < -0.4 is 0 Å². The van der Waals surface area contributed by atoms with Crippen molar-refractivity contribution in [3.8, 4) is 0 Å². The third-order valence-corrected chi connectivity index (χ3v) is 3.36. The molecule has 0 radical (unpaired) electrons. The van der Waals surface area contributed by atoms with Gasteiger partial charge in [-0.2, -0.15) is 0 Å². The SMILES string of the molecule is COC(=O)C(C(=S)c1ccccc1)c1ccccc1. The van der Waals surface area contributed by atoms with Crippen LogP contribution in [0.1, 0.15) is 17.0 Å². The summed E-state index contributed by atoms with van der Waals surface area (Å²) < 4.78 is 4.88. The second-order valence-corrected chi connectivity index (χ2v) is 4.54. The van der Waals surface area contributed by atoms with E-state index in [0.29, 0.717) is 4.86 Å². The minimum atomic E-state index is -0.538. The van der Waals surface area contributed by atoms with Gasteiger partial charge in [0.1, 0.15) is 5.92 Å². The third kappa shape index (κ3) is 3.06. The lowest BCUT2D eigenvalue weighted by atomic mass is 9.92. The van der Waals surface area contributed by atoms with Gasteiger partial charge in [0, 0.05) is 4.86 Å². The molecule has 0 heterocycles. The van der Waals surface area contributed by atoms with E-state index in [2.05, 4.69) is 0 Å². The van der Waals surface area contributed by atoms with Crippen molar-refractivity contribution in [3.05, 3.63) is 71.8 Å². The van der Waals surface area contributed by atoms with E-state index in [1.807, 2.05) is 60.7 Å². The Kier molecular flexibility index (Phi) is 4.42. The molecule has 19 heavy (non-hydrogen) atoms. The maximum Gasteiger partial charge on any atom is 0.318 e. The summed E-state index contributed by atoms with van der Waals surface area (Å²) in [4.78, 5) is 12.6. The lowest BCUT2D eigenvalue weighted by Crippen LogP contribution is -2.22. The minimum Gasteiger partial charge on any atom is -0.468 e. The van der Waals surface area contributed by atoms with Crippen molar-refractivity contribution in [1.82, 2.24) is 0 Å². The van der Waals surface area contributed by atoms with E-state index in [4.69, 9.17) is 17.0 Å². The Hall–Kier alpha value is -2.00. The first-order valence-corrected chi connectivity index (χ1v) is 6.37. The van der Waals surface area contributed by atoms with Gasteiger partial charge < -0.3 is 4.74 Å². The van der Waals surface area contributed by atoms with Crippen LogP contribution in [0.5, 0.6) is 0 Å². The molecule has 2 aromatic carbocycles. The molecule has 0 saturated heterocycles. The normalized spacial score (nSPS) is 11.6. The summed E-state index contributed by atoms with van der Waals surface area (Å²) in [5, 5.41) is 0. The number of thiocarbonyl (C=S) groups is 1. The second-order valence-electron chi connectivity index (χ2n) is 4.10. The summed E-state index contributed by atoms with van der Waals surface area (Å²) in [6.07, 6.45) is 0. The minimum absolute atomic E-state index is 0.333. The van der Waals surface area contributed by atoms with Gasteiger partial charge in [0.2, 0.25) is 0 Å². The number of ether oxygens (including phenoxy) is 1. The number of carbonyl (C=O) groups is 1. The van der Waals surface area contributed by atoms with Gasteiger partial charge in [-0.05, 0) is 11.1 Å². The molecule has 0 aliphatic carbocycles. The van der Waals surface area contributed by atoms with Gasteiger partial charge in [-0.1, -0.05) is 72.9 Å². The molecule has 3 heteroatoms. The first-order chi connectivity index (χ1) is 9.24. The summed E-state index contributed by atoms with van der Waals surface area (Å²) in [7, 11) is 1.38. The third-order valence-electron chi connectivity index (χ3n) is 2.89. The number of hydrogen-bond donors (Lipinski definition) is 0. The molecule has 0 aliphatic rings. The van der Waals surface area contributed by atoms with Gasteiger partial charge in [-0.25, -0.2) is 0 Å². The lowest BCUT2D eigenvalue weighted by Gasteiger charge is -2.16.